The highest BCUT2D eigenvalue weighted by Gasteiger charge is 2.60. The van der Waals surface area contributed by atoms with Crippen LogP contribution in [-0.4, -0.2) is 27.8 Å². The summed E-state index contributed by atoms with van der Waals surface area (Å²) in [6.07, 6.45) is 5.37. The molecule has 0 aromatic rings. The van der Waals surface area contributed by atoms with Crippen molar-refractivity contribution in [1.82, 2.24) is 0 Å². The van der Waals surface area contributed by atoms with E-state index >= 15 is 0 Å². The lowest BCUT2D eigenvalue weighted by atomic mass is 9.48. The molecule has 0 aliphatic heterocycles. The van der Waals surface area contributed by atoms with Crippen LogP contribution in [0.25, 0.3) is 0 Å². The van der Waals surface area contributed by atoms with E-state index in [1.807, 2.05) is 6.92 Å². The average Bonchev–Trinajstić information content (AvgIpc) is 2.21. The first-order chi connectivity index (χ1) is 8.70. The molecule has 0 amide bonds. The lowest BCUT2D eigenvalue weighted by Gasteiger charge is -2.58. The van der Waals surface area contributed by atoms with Gasteiger partial charge in [0.2, 0.25) is 0 Å². The molecule has 19 heavy (non-hydrogen) atoms. The van der Waals surface area contributed by atoms with Crippen LogP contribution in [0, 0.1) is 17.3 Å². The molecule has 0 heterocycles. The average molecular weight is 302 g/mol. The van der Waals surface area contributed by atoms with Gasteiger partial charge >= 0.3 is 5.97 Å². The predicted octanol–water partition coefficient (Wildman–Crippen LogP) is 2.38. The van der Waals surface area contributed by atoms with E-state index in [0.29, 0.717) is 24.9 Å². The third-order valence-electron chi connectivity index (χ3n) is 4.96. The zero-order valence-corrected chi connectivity index (χ0v) is 13.4. The molecule has 4 atom stereocenters. The van der Waals surface area contributed by atoms with E-state index in [4.69, 9.17) is 4.74 Å². The summed E-state index contributed by atoms with van der Waals surface area (Å²) in [4.78, 5) is 12.5. The predicted molar refractivity (Wildman–Crippen MR) is 80.1 cm³/mol. The fourth-order valence-corrected chi connectivity index (χ4v) is 4.97. The highest BCUT2D eigenvalue weighted by atomic mass is 32.1. The molecular weight excluding hydrogens is 279 g/mol. The second-order valence-electron chi connectivity index (χ2n) is 7.40. The van der Waals surface area contributed by atoms with E-state index in [-0.39, 0.29) is 10.5 Å². The topological polar surface area (TPSA) is 46.5 Å². The van der Waals surface area contributed by atoms with Gasteiger partial charge in [-0.25, -0.2) is 0 Å². The Morgan fingerprint density at radius 3 is 2.47 bits per heavy atom. The van der Waals surface area contributed by atoms with Gasteiger partial charge in [-0.05, 0) is 57.3 Å². The van der Waals surface area contributed by atoms with Crippen molar-refractivity contribution in [2.75, 3.05) is 6.61 Å². The van der Waals surface area contributed by atoms with Crippen molar-refractivity contribution < 1.29 is 14.6 Å². The van der Waals surface area contributed by atoms with Crippen molar-refractivity contribution in [2.24, 2.45) is 17.3 Å². The van der Waals surface area contributed by atoms with Crippen molar-refractivity contribution in [3.05, 3.63) is 0 Å². The first-order valence-corrected chi connectivity index (χ1v) is 8.13. The van der Waals surface area contributed by atoms with Gasteiger partial charge in [0.05, 0.1) is 15.5 Å². The maximum Gasteiger partial charge on any atom is 0.312 e. The van der Waals surface area contributed by atoms with E-state index in [2.05, 4.69) is 21.9 Å². The van der Waals surface area contributed by atoms with Crippen molar-refractivity contribution in [3.63, 3.8) is 0 Å². The molecule has 4 fully saturated rings. The van der Waals surface area contributed by atoms with Crippen LogP contribution in [0.2, 0.25) is 0 Å². The molecule has 4 bridgehead atoms. The molecule has 4 aliphatic rings. The third kappa shape index (κ3) is 2.69. The number of hydrogen-bond acceptors (Lipinski definition) is 4. The standard InChI is InChI=1S/C14H23O3PS/c1-12(18,19)8-17-11(15)13-3-9-2-10(4-13)6-14(16,5-9)7-13/h9-10,16,19H,2-8,18H2,1H3. The Kier molecular flexibility index (Phi) is 3.24. The van der Waals surface area contributed by atoms with Gasteiger partial charge in [0, 0.05) is 0 Å². The summed E-state index contributed by atoms with van der Waals surface area (Å²) in [6, 6.07) is 0. The van der Waals surface area contributed by atoms with E-state index in [9.17, 15) is 9.90 Å². The normalized spacial score (nSPS) is 46.9. The molecule has 4 saturated carbocycles. The Bertz CT molecular complexity index is 390. The van der Waals surface area contributed by atoms with Crippen LogP contribution in [0.5, 0.6) is 0 Å². The summed E-state index contributed by atoms with van der Waals surface area (Å²) in [5, 5.41) is 10.6. The van der Waals surface area contributed by atoms with Gasteiger partial charge < -0.3 is 9.84 Å². The Hall–Kier alpha value is 0.210. The van der Waals surface area contributed by atoms with Crippen LogP contribution in [0.15, 0.2) is 0 Å². The maximum absolute atomic E-state index is 12.5. The molecule has 0 radical (unpaired) electrons. The van der Waals surface area contributed by atoms with E-state index in [1.54, 1.807) is 0 Å². The van der Waals surface area contributed by atoms with Gasteiger partial charge in [-0.1, -0.05) is 0 Å². The number of aliphatic hydroxyl groups is 1. The van der Waals surface area contributed by atoms with E-state index < -0.39 is 11.0 Å². The molecule has 5 heteroatoms. The minimum absolute atomic E-state index is 0.109. The minimum atomic E-state index is -0.603. The highest BCUT2D eigenvalue weighted by molar-refractivity contribution is 7.86. The zero-order valence-electron chi connectivity index (χ0n) is 11.4. The van der Waals surface area contributed by atoms with Crippen LogP contribution in [0.1, 0.15) is 45.4 Å². The van der Waals surface area contributed by atoms with Crippen LogP contribution in [0.3, 0.4) is 0 Å². The van der Waals surface area contributed by atoms with Crippen molar-refractivity contribution in [1.29, 1.82) is 0 Å². The Morgan fingerprint density at radius 1 is 1.42 bits per heavy atom. The number of ether oxygens (including phenoxy) is 1. The fraction of sp³-hybridized carbons (Fsp3) is 0.929. The van der Waals surface area contributed by atoms with Crippen LogP contribution < -0.4 is 0 Å². The lowest BCUT2D eigenvalue weighted by molar-refractivity contribution is -0.196. The van der Waals surface area contributed by atoms with Crippen LogP contribution in [-0.2, 0) is 9.53 Å². The molecule has 4 aliphatic carbocycles. The summed E-state index contributed by atoms with van der Waals surface area (Å²) < 4.78 is 5.11. The zero-order chi connectivity index (χ0) is 13.9. The Labute approximate surface area is 122 Å². The summed E-state index contributed by atoms with van der Waals surface area (Å²) >= 11 is 4.36. The van der Waals surface area contributed by atoms with Crippen molar-refractivity contribution in [3.8, 4) is 0 Å². The quantitative estimate of drug-likeness (QED) is 0.478. The monoisotopic (exact) mass is 302 g/mol. The first kappa shape index (κ1) is 14.2. The number of carbonyl (C=O) groups excluding carboxylic acids is 1. The summed E-state index contributed by atoms with van der Waals surface area (Å²) in [7, 11) is 2.57. The SMILES string of the molecule is CC(P)(S)COC(=O)C12CC3CC(CC(O)(C3)C1)C2. The summed E-state index contributed by atoms with van der Waals surface area (Å²) in [5.74, 6) is 0.914. The molecule has 0 spiro atoms. The molecule has 0 saturated heterocycles. The number of rotatable bonds is 3. The van der Waals surface area contributed by atoms with Crippen molar-refractivity contribution in [2.45, 2.75) is 55.5 Å². The second-order valence-corrected chi connectivity index (χ2v) is 10.2. The van der Waals surface area contributed by atoms with E-state index in [0.717, 1.165) is 25.7 Å². The smallest absolute Gasteiger partial charge is 0.312 e. The minimum Gasteiger partial charge on any atom is -0.463 e. The largest absolute Gasteiger partial charge is 0.463 e. The van der Waals surface area contributed by atoms with Gasteiger partial charge in [-0.3, -0.25) is 4.79 Å². The van der Waals surface area contributed by atoms with Gasteiger partial charge in [0.15, 0.2) is 0 Å². The number of carbonyl (C=O) groups is 1. The van der Waals surface area contributed by atoms with Crippen LogP contribution >= 0.6 is 21.9 Å². The summed E-state index contributed by atoms with van der Waals surface area (Å²) in [6.45, 7) is 2.20. The molecule has 4 rings (SSSR count). The van der Waals surface area contributed by atoms with Crippen molar-refractivity contribution >= 4 is 27.8 Å². The molecular formula is C14H23O3PS. The van der Waals surface area contributed by atoms with Gasteiger partial charge in [-0.2, -0.15) is 12.6 Å². The molecule has 0 aromatic heterocycles. The molecule has 3 nitrogen and oxygen atoms in total. The Morgan fingerprint density at radius 2 is 2.00 bits per heavy atom. The second kappa shape index (κ2) is 4.35. The molecule has 1 N–H and O–H groups in total. The number of thiol groups is 1. The van der Waals surface area contributed by atoms with Gasteiger partial charge in [0.1, 0.15) is 6.61 Å². The lowest BCUT2D eigenvalue weighted by Crippen LogP contribution is -2.58. The molecule has 4 unspecified atom stereocenters. The summed E-state index contributed by atoms with van der Waals surface area (Å²) in [5.41, 5.74) is -1.02. The maximum atomic E-state index is 12.5. The highest BCUT2D eigenvalue weighted by Crippen LogP contribution is 2.62. The van der Waals surface area contributed by atoms with Gasteiger partial charge in [0.25, 0.3) is 0 Å². The number of hydrogen-bond donors (Lipinski definition) is 2. The van der Waals surface area contributed by atoms with Crippen LogP contribution in [0.4, 0.5) is 0 Å². The van der Waals surface area contributed by atoms with E-state index in [1.165, 1.54) is 6.42 Å². The molecule has 108 valence electrons. The first-order valence-electron chi connectivity index (χ1n) is 7.11. The van der Waals surface area contributed by atoms with Gasteiger partial charge in [-0.15, -0.1) is 9.24 Å². The Balaban J connectivity index is 1.74. The number of esters is 1. The fourth-order valence-electron chi connectivity index (χ4n) is 4.82. The third-order valence-corrected chi connectivity index (χ3v) is 5.25. The molecule has 0 aromatic carbocycles.